The zero-order chi connectivity index (χ0) is 13.3. The van der Waals surface area contributed by atoms with Gasteiger partial charge in [0.2, 0.25) is 5.82 Å². The van der Waals surface area contributed by atoms with Crippen molar-refractivity contribution in [3.8, 4) is 5.82 Å². The summed E-state index contributed by atoms with van der Waals surface area (Å²) in [4.78, 5) is 23.5. The zero-order valence-corrected chi connectivity index (χ0v) is 8.76. The monoisotopic (exact) mass is 250 g/mol. The van der Waals surface area contributed by atoms with Crippen LogP contribution in [0.3, 0.4) is 0 Å². The molecule has 0 amide bonds. The standard InChI is InChI=1S/C8H6N6O4/c9-8-6(14(17)18)1-2-7(11-8)12-4-5(3-10-12)13(15)16/h1-4H,(H2,9,11). The number of aromatic nitrogens is 3. The summed E-state index contributed by atoms with van der Waals surface area (Å²) in [5, 5.41) is 24.7. The Kier molecular flexibility index (Phi) is 2.60. The molecule has 10 nitrogen and oxygen atoms in total. The lowest BCUT2D eigenvalue weighted by Gasteiger charge is -2.01. The van der Waals surface area contributed by atoms with Crippen molar-refractivity contribution in [1.29, 1.82) is 0 Å². The average Bonchev–Trinajstić information content (AvgIpc) is 2.77. The predicted molar refractivity (Wildman–Crippen MR) is 59.1 cm³/mol. The van der Waals surface area contributed by atoms with E-state index in [1.54, 1.807) is 0 Å². The van der Waals surface area contributed by atoms with E-state index >= 15 is 0 Å². The van der Waals surface area contributed by atoms with Gasteiger partial charge in [0.15, 0.2) is 5.82 Å². The molecule has 2 rings (SSSR count). The van der Waals surface area contributed by atoms with E-state index in [9.17, 15) is 20.2 Å². The molecular formula is C8H6N6O4. The SMILES string of the molecule is Nc1nc(-n2cc([N+](=O)[O-])cn2)ccc1[N+](=O)[O-]. The first-order valence-electron chi connectivity index (χ1n) is 4.59. The van der Waals surface area contributed by atoms with E-state index in [1.807, 2.05) is 0 Å². The van der Waals surface area contributed by atoms with Gasteiger partial charge in [0, 0.05) is 6.07 Å². The van der Waals surface area contributed by atoms with Crippen LogP contribution in [0, 0.1) is 20.2 Å². The van der Waals surface area contributed by atoms with Crippen LogP contribution in [-0.4, -0.2) is 24.6 Å². The van der Waals surface area contributed by atoms with Crippen molar-refractivity contribution in [2.45, 2.75) is 0 Å². The number of pyridine rings is 1. The number of nitrogen functional groups attached to an aromatic ring is 1. The summed E-state index contributed by atoms with van der Waals surface area (Å²) in [5.74, 6) is -0.123. The predicted octanol–water partition coefficient (Wildman–Crippen LogP) is 0.666. The van der Waals surface area contributed by atoms with Gasteiger partial charge in [0.05, 0.1) is 9.85 Å². The highest BCUT2D eigenvalue weighted by Gasteiger charge is 2.15. The Labute approximate surface area is 99.0 Å². The second-order valence-corrected chi connectivity index (χ2v) is 3.23. The van der Waals surface area contributed by atoms with Gasteiger partial charge in [0.25, 0.3) is 0 Å². The van der Waals surface area contributed by atoms with Crippen molar-refractivity contribution in [2.24, 2.45) is 0 Å². The summed E-state index contributed by atoms with van der Waals surface area (Å²) in [6, 6.07) is 2.45. The summed E-state index contributed by atoms with van der Waals surface area (Å²) < 4.78 is 1.11. The van der Waals surface area contributed by atoms with Gasteiger partial charge in [0.1, 0.15) is 12.4 Å². The Morgan fingerprint density at radius 3 is 2.44 bits per heavy atom. The smallest absolute Gasteiger partial charge is 0.311 e. The van der Waals surface area contributed by atoms with Crippen LogP contribution < -0.4 is 5.73 Å². The van der Waals surface area contributed by atoms with Crippen molar-refractivity contribution in [1.82, 2.24) is 14.8 Å². The highest BCUT2D eigenvalue weighted by molar-refractivity contribution is 5.54. The minimum atomic E-state index is -0.669. The molecule has 2 aromatic rings. The number of nitro groups is 2. The largest absolute Gasteiger partial charge is 0.378 e. The molecular weight excluding hydrogens is 244 g/mol. The Morgan fingerprint density at radius 2 is 1.94 bits per heavy atom. The van der Waals surface area contributed by atoms with Crippen LogP contribution in [0.5, 0.6) is 0 Å². The Bertz CT molecular complexity index is 636. The first-order chi connectivity index (χ1) is 8.49. The Morgan fingerprint density at radius 1 is 1.22 bits per heavy atom. The fraction of sp³-hybridized carbons (Fsp3) is 0. The molecule has 0 saturated heterocycles. The third kappa shape index (κ3) is 1.93. The van der Waals surface area contributed by atoms with Crippen molar-refractivity contribution >= 4 is 17.2 Å². The Hall–Kier alpha value is -3.04. The molecule has 10 heteroatoms. The lowest BCUT2D eigenvalue weighted by atomic mass is 10.4. The number of hydrogen-bond acceptors (Lipinski definition) is 7. The summed E-state index contributed by atoms with van der Waals surface area (Å²) >= 11 is 0. The highest BCUT2D eigenvalue weighted by atomic mass is 16.6. The van der Waals surface area contributed by atoms with E-state index in [0.717, 1.165) is 23.1 Å². The van der Waals surface area contributed by atoms with E-state index < -0.39 is 9.85 Å². The minimum absolute atomic E-state index is 0.159. The van der Waals surface area contributed by atoms with E-state index in [1.165, 1.54) is 6.07 Å². The number of nitrogens with zero attached hydrogens (tertiary/aromatic N) is 5. The molecule has 0 aromatic carbocycles. The van der Waals surface area contributed by atoms with E-state index in [-0.39, 0.29) is 23.0 Å². The van der Waals surface area contributed by atoms with Gasteiger partial charge in [-0.25, -0.2) is 9.67 Å². The molecule has 0 radical (unpaired) electrons. The number of nitrogens with two attached hydrogens (primary N) is 1. The van der Waals surface area contributed by atoms with Crippen LogP contribution in [-0.2, 0) is 0 Å². The summed E-state index contributed by atoms with van der Waals surface area (Å²) in [5.41, 5.74) is 4.85. The molecule has 0 aliphatic carbocycles. The molecule has 2 N–H and O–H groups in total. The van der Waals surface area contributed by atoms with Crippen LogP contribution in [0.4, 0.5) is 17.2 Å². The summed E-state index contributed by atoms with van der Waals surface area (Å²) in [7, 11) is 0. The molecule has 0 spiro atoms. The molecule has 0 bridgehead atoms. The van der Waals surface area contributed by atoms with Gasteiger partial charge in [-0.15, -0.1) is 0 Å². The third-order valence-electron chi connectivity index (χ3n) is 2.10. The van der Waals surface area contributed by atoms with Crippen molar-refractivity contribution < 1.29 is 9.85 Å². The molecule has 0 aliphatic heterocycles. The molecule has 0 saturated carbocycles. The molecule has 92 valence electrons. The van der Waals surface area contributed by atoms with Gasteiger partial charge >= 0.3 is 11.4 Å². The number of rotatable bonds is 3. The van der Waals surface area contributed by atoms with Gasteiger partial charge in [-0.05, 0) is 6.07 Å². The molecule has 2 aromatic heterocycles. The zero-order valence-electron chi connectivity index (χ0n) is 8.76. The molecule has 0 unspecified atom stereocenters. The molecule has 18 heavy (non-hydrogen) atoms. The van der Waals surface area contributed by atoms with Crippen molar-refractivity contribution in [2.75, 3.05) is 5.73 Å². The maximum atomic E-state index is 10.5. The van der Waals surface area contributed by atoms with E-state index in [2.05, 4.69) is 10.1 Å². The second kappa shape index (κ2) is 4.08. The molecule has 0 atom stereocenters. The average molecular weight is 250 g/mol. The summed E-state index contributed by atoms with van der Waals surface area (Å²) in [6.45, 7) is 0. The van der Waals surface area contributed by atoms with Gasteiger partial charge in [-0.1, -0.05) is 0 Å². The lowest BCUT2D eigenvalue weighted by Crippen LogP contribution is -2.03. The Balaban J connectivity index is 2.42. The normalized spacial score (nSPS) is 10.2. The minimum Gasteiger partial charge on any atom is -0.378 e. The topological polar surface area (TPSA) is 143 Å². The number of hydrogen-bond donors (Lipinski definition) is 1. The van der Waals surface area contributed by atoms with Crippen LogP contribution in [0.15, 0.2) is 24.5 Å². The molecule has 0 aliphatic rings. The summed E-state index contributed by atoms with van der Waals surface area (Å²) in [6.07, 6.45) is 2.17. The van der Waals surface area contributed by atoms with Crippen molar-refractivity contribution in [3.05, 3.63) is 44.8 Å². The fourth-order valence-corrected chi connectivity index (χ4v) is 1.27. The first kappa shape index (κ1) is 11.4. The second-order valence-electron chi connectivity index (χ2n) is 3.23. The van der Waals surface area contributed by atoms with Crippen LogP contribution in [0.2, 0.25) is 0 Å². The van der Waals surface area contributed by atoms with E-state index in [0.29, 0.717) is 0 Å². The first-order valence-corrected chi connectivity index (χ1v) is 4.59. The molecule has 2 heterocycles. The maximum absolute atomic E-state index is 10.5. The lowest BCUT2D eigenvalue weighted by molar-refractivity contribution is -0.384. The van der Waals surface area contributed by atoms with Gasteiger partial charge < -0.3 is 5.73 Å². The van der Waals surface area contributed by atoms with Crippen LogP contribution in [0.25, 0.3) is 5.82 Å². The van der Waals surface area contributed by atoms with E-state index in [4.69, 9.17) is 5.73 Å². The van der Waals surface area contributed by atoms with Gasteiger partial charge in [-0.2, -0.15) is 5.10 Å². The highest BCUT2D eigenvalue weighted by Crippen LogP contribution is 2.20. The fourth-order valence-electron chi connectivity index (χ4n) is 1.27. The third-order valence-corrected chi connectivity index (χ3v) is 2.10. The quantitative estimate of drug-likeness (QED) is 0.622. The van der Waals surface area contributed by atoms with Crippen LogP contribution >= 0.6 is 0 Å². The maximum Gasteiger partial charge on any atom is 0.311 e. The number of anilines is 1. The molecule has 0 fully saturated rings. The van der Waals surface area contributed by atoms with Crippen LogP contribution in [0.1, 0.15) is 0 Å². The van der Waals surface area contributed by atoms with Crippen molar-refractivity contribution in [3.63, 3.8) is 0 Å². The van der Waals surface area contributed by atoms with Gasteiger partial charge in [-0.3, -0.25) is 20.2 Å².